The van der Waals surface area contributed by atoms with E-state index >= 15 is 0 Å². The van der Waals surface area contributed by atoms with Crippen molar-refractivity contribution >= 4 is 16.8 Å². The first kappa shape index (κ1) is 22.7. The molecule has 5 nitrogen and oxygen atoms in total. The number of carbonyl (C=O) groups excluding carboxylic acids is 1. The van der Waals surface area contributed by atoms with Crippen molar-refractivity contribution in [2.24, 2.45) is 11.8 Å². The summed E-state index contributed by atoms with van der Waals surface area (Å²) in [6.45, 7) is 12.7. The zero-order valence-electron chi connectivity index (χ0n) is 19.4. The summed E-state index contributed by atoms with van der Waals surface area (Å²) in [7, 11) is 0. The molecule has 0 N–H and O–H groups in total. The number of aromatic nitrogens is 2. The summed E-state index contributed by atoms with van der Waals surface area (Å²) in [5.74, 6) is 1.01. The molecule has 0 bridgehead atoms. The van der Waals surface area contributed by atoms with Gasteiger partial charge in [-0.25, -0.2) is 4.98 Å². The van der Waals surface area contributed by atoms with E-state index in [9.17, 15) is 9.59 Å². The summed E-state index contributed by atoms with van der Waals surface area (Å²) in [5.41, 5.74) is 2.37. The molecule has 0 aliphatic rings. The number of rotatable bonds is 7. The maximum atomic E-state index is 13.6. The Kier molecular flexibility index (Phi) is 6.94. The molecule has 3 rings (SSSR count). The van der Waals surface area contributed by atoms with E-state index < -0.39 is 0 Å². The van der Waals surface area contributed by atoms with E-state index in [1.807, 2.05) is 75.1 Å². The van der Waals surface area contributed by atoms with Crippen LogP contribution in [0.4, 0.5) is 0 Å². The molecular formula is C26H33N3O2. The topological polar surface area (TPSA) is 55.2 Å². The Balaban J connectivity index is 2.24. The summed E-state index contributed by atoms with van der Waals surface area (Å²) in [6.07, 6.45) is 0.894. The predicted octanol–water partition coefficient (Wildman–Crippen LogP) is 5.29. The zero-order chi connectivity index (χ0) is 22.7. The summed E-state index contributed by atoms with van der Waals surface area (Å²) in [5, 5.41) is 0.573. The standard InChI is InChI=1S/C26H33N3O2/c1-17(2)14-15-28(25(30)18(3)4)20(6)24-27-23-13-8-7-12-22(23)26(31)29(24)21-11-9-10-19(5)16-21/h7-13,16-18,20H,14-15H2,1-6H3. The van der Waals surface area contributed by atoms with Gasteiger partial charge in [0, 0.05) is 12.5 Å². The van der Waals surface area contributed by atoms with Crippen LogP contribution in [0.25, 0.3) is 16.6 Å². The number of hydrogen-bond acceptors (Lipinski definition) is 3. The molecule has 0 radical (unpaired) electrons. The van der Waals surface area contributed by atoms with Crippen LogP contribution in [0.5, 0.6) is 0 Å². The lowest BCUT2D eigenvalue weighted by Gasteiger charge is -2.32. The van der Waals surface area contributed by atoms with Crippen LogP contribution < -0.4 is 5.56 Å². The Morgan fingerprint density at radius 2 is 1.74 bits per heavy atom. The second-order valence-electron chi connectivity index (χ2n) is 9.01. The lowest BCUT2D eigenvalue weighted by molar-refractivity contribution is -0.137. The first-order chi connectivity index (χ1) is 14.7. The Hall–Kier alpha value is -2.95. The molecule has 1 aromatic heterocycles. The van der Waals surface area contributed by atoms with Crippen LogP contribution in [0.2, 0.25) is 0 Å². The molecule has 0 saturated heterocycles. The van der Waals surface area contributed by atoms with E-state index in [2.05, 4.69) is 13.8 Å². The van der Waals surface area contributed by atoms with Gasteiger partial charge in [0.2, 0.25) is 5.91 Å². The van der Waals surface area contributed by atoms with Gasteiger partial charge in [-0.3, -0.25) is 14.2 Å². The molecule has 31 heavy (non-hydrogen) atoms. The number of hydrogen-bond donors (Lipinski definition) is 0. The van der Waals surface area contributed by atoms with E-state index in [1.54, 1.807) is 10.6 Å². The average Bonchev–Trinajstić information content (AvgIpc) is 2.73. The van der Waals surface area contributed by atoms with Crippen molar-refractivity contribution in [2.45, 2.75) is 54.0 Å². The summed E-state index contributed by atoms with van der Waals surface area (Å²) >= 11 is 0. The van der Waals surface area contributed by atoms with E-state index in [1.165, 1.54) is 0 Å². The maximum Gasteiger partial charge on any atom is 0.266 e. The van der Waals surface area contributed by atoms with Gasteiger partial charge in [0.25, 0.3) is 5.56 Å². The highest BCUT2D eigenvalue weighted by atomic mass is 16.2. The fourth-order valence-electron chi connectivity index (χ4n) is 3.81. The Morgan fingerprint density at radius 3 is 2.39 bits per heavy atom. The van der Waals surface area contributed by atoms with Crippen LogP contribution >= 0.6 is 0 Å². The average molecular weight is 420 g/mol. The summed E-state index contributed by atoms with van der Waals surface area (Å²) in [4.78, 5) is 33.5. The van der Waals surface area contributed by atoms with Gasteiger partial charge in [-0.05, 0) is 56.0 Å². The molecule has 5 heteroatoms. The first-order valence-corrected chi connectivity index (χ1v) is 11.1. The number of aryl methyl sites for hydroxylation is 1. The van der Waals surface area contributed by atoms with Crippen LogP contribution in [0.15, 0.2) is 53.3 Å². The zero-order valence-corrected chi connectivity index (χ0v) is 19.4. The molecule has 0 aliphatic carbocycles. The van der Waals surface area contributed by atoms with Crippen molar-refractivity contribution in [1.29, 1.82) is 0 Å². The number of benzene rings is 2. The van der Waals surface area contributed by atoms with Crippen molar-refractivity contribution in [3.8, 4) is 5.69 Å². The van der Waals surface area contributed by atoms with E-state index in [0.29, 0.717) is 29.2 Å². The van der Waals surface area contributed by atoms with Gasteiger partial charge >= 0.3 is 0 Å². The fraction of sp³-hybridized carbons (Fsp3) is 0.423. The van der Waals surface area contributed by atoms with Crippen molar-refractivity contribution in [2.75, 3.05) is 6.54 Å². The molecule has 164 valence electrons. The number of carbonyl (C=O) groups is 1. The largest absolute Gasteiger partial charge is 0.333 e. The smallest absolute Gasteiger partial charge is 0.266 e. The molecule has 0 saturated carbocycles. The molecule has 1 unspecified atom stereocenters. The molecule has 1 atom stereocenters. The quantitative estimate of drug-likeness (QED) is 0.523. The predicted molar refractivity (Wildman–Crippen MR) is 126 cm³/mol. The molecule has 0 spiro atoms. The van der Waals surface area contributed by atoms with Gasteiger partial charge in [-0.15, -0.1) is 0 Å². The number of para-hydroxylation sites is 1. The number of fused-ring (bicyclic) bond motifs is 1. The lowest BCUT2D eigenvalue weighted by atomic mass is 10.1. The molecule has 0 aliphatic heterocycles. The van der Waals surface area contributed by atoms with Crippen molar-refractivity contribution < 1.29 is 4.79 Å². The summed E-state index contributed by atoms with van der Waals surface area (Å²) < 4.78 is 1.68. The third-order valence-corrected chi connectivity index (χ3v) is 5.63. The third-order valence-electron chi connectivity index (χ3n) is 5.63. The van der Waals surface area contributed by atoms with Crippen LogP contribution in [0.1, 0.15) is 58.5 Å². The lowest BCUT2D eigenvalue weighted by Crippen LogP contribution is -2.40. The van der Waals surface area contributed by atoms with Crippen molar-refractivity contribution in [3.05, 3.63) is 70.3 Å². The Morgan fingerprint density at radius 1 is 1.03 bits per heavy atom. The second-order valence-corrected chi connectivity index (χ2v) is 9.01. The van der Waals surface area contributed by atoms with Gasteiger partial charge in [0.15, 0.2) is 0 Å². The molecule has 2 aromatic carbocycles. The minimum Gasteiger partial charge on any atom is -0.333 e. The Labute approximate surface area is 184 Å². The van der Waals surface area contributed by atoms with E-state index in [-0.39, 0.29) is 23.4 Å². The van der Waals surface area contributed by atoms with E-state index in [4.69, 9.17) is 4.98 Å². The van der Waals surface area contributed by atoms with Gasteiger partial charge in [-0.1, -0.05) is 52.0 Å². The first-order valence-electron chi connectivity index (χ1n) is 11.1. The second kappa shape index (κ2) is 9.46. The van der Waals surface area contributed by atoms with Crippen molar-refractivity contribution in [1.82, 2.24) is 14.5 Å². The van der Waals surface area contributed by atoms with Crippen LogP contribution in [0, 0.1) is 18.8 Å². The van der Waals surface area contributed by atoms with Gasteiger partial charge in [0.1, 0.15) is 5.82 Å². The molecular weight excluding hydrogens is 386 g/mol. The normalized spacial score (nSPS) is 12.5. The number of amides is 1. The Bertz CT molecular complexity index is 1130. The minimum absolute atomic E-state index is 0.0753. The van der Waals surface area contributed by atoms with E-state index in [0.717, 1.165) is 17.7 Å². The van der Waals surface area contributed by atoms with Gasteiger partial charge in [0.05, 0.1) is 22.6 Å². The van der Waals surface area contributed by atoms with Crippen LogP contribution in [-0.4, -0.2) is 26.9 Å². The summed E-state index contributed by atoms with van der Waals surface area (Å²) in [6, 6.07) is 14.9. The third kappa shape index (κ3) is 4.87. The SMILES string of the molecule is Cc1cccc(-n2c(C(C)N(CCC(C)C)C(=O)C(C)C)nc3ccccc3c2=O)c1. The van der Waals surface area contributed by atoms with Gasteiger partial charge in [-0.2, -0.15) is 0 Å². The minimum atomic E-state index is -0.341. The highest BCUT2D eigenvalue weighted by Crippen LogP contribution is 2.25. The van der Waals surface area contributed by atoms with Gasteiger partial charge < -0.3 is 4.90 Å². The maximum absolute atomic E-state index is 13.6. The molecule has 0 fully saturated rings. The highest BCUT2D eigenvalue weighted by molar-refractivity contribution is 5.79. The number of nitrogens with zero attached hydrogens (tertiary/aromatic N) is 3. The fourth-order valence-corrected chi connectivity index (χ4v) is 3.81. The van der Waals surface area contributed by atoms with Crippen molar-refractivity contribution in [3.63, 3.8) is 0 Å². The highest BCUT2D eigenvalue weighted by Gasteiger charge is 2.28. The molecule has 3 aromatic rings. The van der Waals surface area contributed by atoms with Crippen LogP contribution in [-0.2, 0) is 4.79 Å². The monoisotopic (exact) mass is 419 g/mol. The molecule has 1 amide bonds. The molecule has 1 heterocycles. The van der Waals surface area contributed by atoms with Crippen LogP contribution in [0.3, 0.4) is 0 Å².